The number of ether oxygens (including phenoxy) is 1. The van der Waals surface area contributed by atoms with Crippen LogP contribution in [0.5, 0.6) is 5.75 Å². The van der Waals surface area contributed by atoms with Crippen LogP contribution in [-0.2, 0) is 20.6 Å². The molecule has 3 amide bonds. The summed E-state index contributed by atoms with van der Waals surface area (Å²) in [5, 5.41) is 8.42. The van der Waals surface area contributed by atoms with Gasteiger partial charge in [-0.3, -0.25) is 14.4 Å². The number of anilines is 2. The Morgan fingerprint density at radius 2 is 1.51 bits per heavy atom. The van der Waals surface area contributed by atoms with Crippen molar-refractivity contribution < 1.29 is 32.3 Å². The van der Waals surface area contributed by atoms with Crippen LogP contribution < -0.4 is 20.8 Å². The Morgan fingerprint density at radius 3 is 2.26 bits per heavy atom. The first-order valence-electron chi connectivity index (χ1n) is 10.1. The third kappa shape index (κ3) is 7.70. The molecule has 8 nitrogen and oxygen atoms in total. The fourth-order valence-electron chi connectivity index (χ4n) is 2.75. The molecule has 0 heterocycles. The standard InChI is InChI=1S/C24H19F3N4O4/c25-24(26,27)17-8-6-11-19(13-17)30-22(33)23(34)31-28-14-16-7-4-5-12-20(16)35-15-21(32)29-18-9-2-1-3-10-18/h1-14H,15H2,(H,29,32)(H,30,33)(H,31,34)/b28-14-. The Hall–Kier alpha value is -4.67. The van der Waals surface area contributed by atoms with E-state index in [-0.39, 0.29) is 18.2 Å². The number of alkyl halides is 3. The molecule has 3 N–H and O–H groups in total. The summed E-state index contributed by atoms with van der Waals surface area (Å²) in [5.41, 5.74) is 1.83. The van der Waals surface area contributed by atoms with E-state index in [1.807, 2.05) is 11.5 Å². The highest BCUT2D eigenvalue weighted by atomic mass is 19.4. The van der Waals surface area contributed by atoms with Crippen LogP contribution in [0.4, 0.5) is 24.5 Å². The van der Waals surface area contributed by atoms with Crippen LogP contribution in [0, 0.1) is 0 Å². The average Bonchev–Trinajstić information content (AvgIpc) is 2.83. The van der Waals surface area contributed by atoms with E-state index < -0.39 is 23.6 Å². The van der Waals surface area contributed by atoms with E-state index in [1.165, 1.54) is 12.3 Å². The summed E-state index contributed by atoms with van der Waals surface area (Å²) < 4.78 is 43.8. The number of para-hydroxylation sites is 2. The van der Waals surface area contributed by atoms with Gasteiger partial charge in [0.05, 0.1) is 11.8 Å². The van der Waals surface area contributed by atoms with Crippen molar-refractivity contribution in [3.63, 3.8) is 0 Å². The molecule has 0 radical (unpaired) electrons. The Balaban J connectivity index is 1.54. The molecule has 180 valence electrons. The van der Waals surface area contributed by atoms with Gasteiger partial charge in [-0.1, -0.05) is 36.4 Å². The number of amides is 3. The second kappa shape index (κ2) is 11.5. The number of hydrogen-bond donors (Lipinski definition) is 3. The number of carbonyl (C=O) groups excluding carboxylic acids is 3. The third-order valence-corrected chi connectivity index (χ3v) is 4.36. The molecule has 0 aliphatic heterocycles. The minimum Gasteiger partial charge on any atom is -0.483 e. The number of nitrogens with zero attached hydrogens (tertiary/aromatic N) is 1. The SMILES string of the molecule is O=C(COc1ccccc1/C=N\NC(=O)C(=O)Nc1cccc(C(F)(F)F)c1)Nc1ccccc1. The number of carbonyl (C=O) groups is 3. The van der Waals surface area contributed by atoms with Crippen LogP contribution in [0.3, 0.4) is 0 Å². The summed E-state index contributed by atoms with van der Waals surface area (Å²) >= 11 is 0. The zero-order valence-corrected chi connectivity index (χ0v) is 18.0. The lowest BCUT2D eigenvalue weighted by atomic mass is 10.2. The normalized spacial score (nSPS) is 11.1. The number of benzene rings is 3. The van der Waals surface area contributed by atoms with Crippen molar-refractivity contribution in [2.24, 2.45) is 5.10 Å². The summed E-state index contributed by atoms with van der Waals surface area (Å²) in [7, 11) is 0. The monoisotopic (exact) mass is 484 g/mol. The van der Waals surface area contributed by atoms with Crippen LogP contribution >= 0.6 is 0 Å². The van der Waals surface area contributed by atoms with Gasteiger partial charge in [-0.25, -0.2) is 5.43 Å². The third-order valence-electron chi connectivity index (χ3n) is 4.36. The Bertz CT molecular complexity index is 1230. The number of rotatable bonds is 7. The maximum absolute atomic E-state index is 12.8. The molecule has 0 unspecified atom stereocenters. The number of hydrogen-bond acceptors (Lipinski definition) is 5. The van der Waals surface area contributed by atoms with Crippen LogP contribution in [0.1, 0.15) is 11.1 Å². The Labute approximate surface area is 197 Å². The summed E-state index contributed by atoms with van der Waals surface area (Å²) in [5.74, 6) is -2.49. The van der Waals surface area contributed by atoms with Crippen molar-refractivity contribution in [1.82, 2.24) is 5.43 Å². The molecule has 3 aromatic carbocycles. The fourth-order valence-corrected chi connectivity index (χ4v) is 2.75. The van der Waals surface area contributed by atoms with Crippen LogP contribution in [0.25, 0.3) is 0 Å². The molecule has 0 bridgehead atoms. The number of halogens is 3. The van der Waals surface area contributed by atoms with Crippen LogP contribution in [0.15, 0.2) is 84.0 Å². The van der Waals surface area contributed by atoms with Gasteiger partial charge in [0.1, 0.15) is 5.75 Å². The van der Waals surface area contributed by atoms with Crippen molar-refractivity contribution >= 4 is 35.3 Å². The maximum atomic E-state index is 12.8. The van der Waals surface area contributed by atoms with E-state index in [1.54, 1.807) is 48.5 Å². The second-order valence-electron chi connectivity index (χ2n) is 6.97. The second-order valence-corrected chi connectivity index (χ2v) is 6.97. The zero-order valence-electron chi connectivity index (χ0n) is 18.0. The van der Waals surface area contributed by atoms with E-state index >= 15 is 0 Å². The van der Waals surface area contributed by atoms with Gasteiger partial charge < -0.3 is 15.4 Å². The largest absolute Gasteiger partial charge is 0.483 e. The van der Waals surface area contributed by atoms with Crippen molar-refractivity contribution in [1.29, 1.82) is 0 Å². The van der Waals surface area contributed by atoms with Gasteiger partial charge in [0.25, 0.3) is 5.91 Å². The van der Waals surface area contributed by atoms with Gasteiger partial charge in [0.15, 0.2) is 6.61 Å². The van der Waals surface area contributed by atoms with Crippen molar-refractivity contribution in [2.75, 3.05) is 17.2 Å². The number of hydrazone groups is 1. The first-order chi connectivity index (χ1) is 16.7. The van der Waals surface area contributed by atoms with E-state index in [0.29, 0.717) is 23.1 Å². The molecular weight excluding hydrogens is 465 g/mol. The Morgan fingerprint density at radius 1 is 0.829 bits per heavy atom. The summed E-state index contributed by atoms with van der Waals surface area (Å²) in [6.45, 7) is -0.286. The molecule has 0 atom stereocenters. The zero-order chi connectivity index (χ0) is 25.3. The first-order valence-corrected chi connectivity index (χ1v) is 10.1. The number of nitrogens with one attached hydrogen (secondary N) is 3. The van der Waals surface area contributed by atoms with Crippen LogP contribution in [0.2, 0.25) is 0 Å². The van der Waals surface area contributed by atoms with E-state index in [0.717, 1.165) is 12.1 Å². The molecule has 11 heteroatoms. The smallest absolute Gasteiger partial charge is 0.416 e. The van der Waals surface area contributed by atoms with Gasteiger partial charge in [-0.2, -0.15) is 18.3 Å². The molecule has 0 aromatic heterocycles. The van der Waals surface area contributed by atoms with Crippen molar-refractivity contribution in [2.45, 2.75) is 6.18 Å². The molecule has 0 aliphatic carbocycles. The van der Waals surface area contributed by atoms with E-state index in [9.17, 15) is 27.6 Å². The highest BCUT2D eigenvalue weighted by Gasteiger charge is 2.30. The molecule has 0 saturated heterocycles. The lowest BCUT2D eigenvalue weighted by Crippen LogP contribution is -2.32. The van der Waals surface area contributed by atoms with Gasteiger partial charge in [-0.15, -0.1) is 0 Å². The first kappa shape index (κ1) is 25.0. The summed E-state index contributed by atoms with van der Waals surface area (Å²) in [6.07, 6.45) is -3.40. The molecule has 0 saturated carbocycles. The van der Waals surface area contributed by atoms with Gasteiger partial charge in [0.2, 0.25) is 0 Å². The van der Waals surface area contributed by atoms with Gasteiger partial charge >= 0.3 is 18.0 Å². The highest BCUT2D eigenvalue weighted by Crippen LogP contribution is 2.30. The predicted octanol–water partition coefficient (Wildman–Crippen LogP) is 3.81. The Kier molecular flexibility index (Phi) is 8.17. The quantitative estimate of drug-likeness (QED) is 0.269. The van der Waals surface area contributed by atoms with E-state index in [4.69, 9.17) is 4.74 Å². The minimum absolute atomic E-state index is 0.198. The summed E-state index contributed by atoms with van der Waals surface area (Å²) in [4.78, 5) is 36.0. The minimum atomic E-state index is -4.59. The fraction of sp³-hybridized carbons (Fsp3) is 0.0833. The maximum Gasteiger partial charge on any atom is 0.416 e. The molecule has 3 aromatic rings. The molecule has 0 aliphatic rings. The topological polar surface area (TPSA) is 109 Å². The molecule has 0 fully saturated rings. The lowest BCUT2D eigenvalue weighted by molar-refractivity contribution is -0.137. The van der Waals surface area contributed by atoms with Gasteiger partial charge in [-0.05, 0) is 42.5 Å². The summed E-state index contributed by atoms with van der Waals surface area (Å²) in [6, 6.07) is 19.2. The molecule has 0 spiro atoms. The molecule has 3 rings (SSSR count). The van der Waals surface area contributed by atoms with E-state index in [2.05, 4.69) is 15.7 Å². The molecular formula is C24H19F3N4O4. The molecule has 35 heavy (non-hydrogen) atoms. The van der Waals surface area contributed by atoms with Crippen LogP contribution in [-0.4, -0.2) is 30.5 Å². The van der Waals surface area contributed by atoms with Crippen molar-refractivity contribution in [3.05, 3.63) is 90.0 Å². The van der Waals surface area contributed by atoms with Crippen molar-refractivity contribution in [3.8, 4) is 5.75 Å². The average molecular weight is 484 g/mol. The highest BCUT2D eigenvalue weighted by molar-refractivity contribution is 6.39. The van der Waals surface area contributed by atoms with Gasteiger partial charge in [0, 0.05) is 16.9 Å². The lowest BCUT2D eigenvalue weighted by Gasteiger charge is -2.10. The predicted molar refractivity (Wildman–Crippen MR) is 123 cm³/mol.